The van der Waals surface area contributed by atoms with E-state index in [0.29, 0.717) is 17.9 Å². The Labute approximate surface area is 143 Å². The zero-order valence-electron chi connectivity index (χ0n) is 12.2. The van der Waals surface area contributed by atoms with Crippen LogP contribution in [0.25, 0.3) is 10.6 Å². The first-order valence-corrected chi connectivity index (χ1v) is 8.49. The highest BCUT2D eigenvalue weighted by Gasteiger charge is 2.06. The van der Waals surface area contributed by atoms with E-state index in [-0.39, 0.29) is 11.7 Å². The minimum absolute atomic E-state index is 0.0126. The summed E-state index contributed by atoms with van der Waals surface area (Å²) in [5.74, 6) is 0.594. The predicted molar refractivity (Wildman–Crippen MR) is 93.4 cm³/mol. The molecule has 116 valence electrons. The Morgan fingerprint density at radius 1 is 1.09 bits per heavy atom. The van der Waals surface area contributed by atoms with Gasteiger partial charge in [0.2, 0.25) is 0 Å². The summed E-state index contributed by atoms with van der Waals surface area (Å²) in [6, 6.07) is 17.0. The molecule has 0 saturated heterocycles. The van der Waals surface area contributed by atoms with Gasteiger partial charge >= 0.3 is 0 Å². The van der Waals surface area contributed by atoms with Crippen molar-refractivity contribution in [2.45, 2.75) is 6.61 Å². The van der Waals surface area contributed by atoms with Crippen molar-refractivity contribution >= 4 is 28.7 Å². The van der Waals surface area contributed by atoms with Gasteiger partial charge in [-0.15, -0.1) is 22.9 Å². The third-order valence-electron chi connectivity index (χ3n) is 3.26. The van der Waals surface area contributed by atoms with E-state index in [1.165, 1.54) is 0 Å². The van der Waals surface area contributed by atoms with Crippen molar-refractivity contribution in [1.82, 2.24) is 4.98 Å². The van der Waals surface area contributed by atoms with Crippen molar-refractivity contribution in [3.63, 3.8) is 0 Å². The highest BCUT2D eigenvalue weighted by Crippen LogP contribution is 2.24. The van der Waals surface area contributed by atoms with Gasteiger partial charge in [0.15, 0.2) is 5.78 Å². The van der Waals surface area contributed by atoms with Crippen molar-refractivity contribution in [3.8, 4) is 16.3 Å². The van der Waals surface area contributed by atoms with E-state index in [1.807, 2.05) is 35.7 Å². The van der Waals surface area contributed by atoms with Crippen LogP contribution in [0.2, 0.25) is 0 Å². The maximum Gasteiger partial charge on any atom is 0.177 e. The first-order chi connectivity index (χ1) is 11.3. The molecule has 0 aliphatic carbocycles. The van der Waals surface area contributed by atoms with Crippen molar-refractivity contribution in [1.29, 1.82) is 0 Å². The Hall–Kier alpha value is -2.17. The van der Waals surface area contributed by atoms with Crippen LogP contribution in [0.4, 0.5) is 0 Å². The van der Waals surface area contributed by atoms with Gasteiger partial charge in [0.05, 0.1) is 11.6 Å². The summed E-state index contributed by atoms with van der Waals surface area (Å²) in [5, 5.41) is 2.97. The molecule has 3 aromatic rings. The summed E-state index contributed by atoms with van der Waals surface area (Å²) < 4.78 is 5.71. The lowest BCUT2D eigenvalue weighted by Gasteiger charge is -2.05. The van der Waals surface area contributed by atoms with E-state index in [4.69, 9.17) is 16.3 Å². The van der Waals surface area contributed by atoms with Gasteiger partial charge in [-0.2, -0.15) is 0 Å². The Bertz CT molecular complexity index is 784. The molecule has 1 aromatic heterocycles. The van der Waals surface area contributed by atoms with Crippen LogP contribution < -0.4 is 4.74 Å². The van der Waals surface area contributed by atoms with Crippen LogP contribution >= 0.6 is 22.9 Å². The average Bonchev–Trinajstić information content (AvgIpc) is 3.09. The normalized spacial score (nSPS) is 10.5. The standard InChI is InChI=1S/C18H14ClNO2S/c19-10-17(21)13-6-8-16(9-7-13)22-11-15-12-23-18(20-15)14-4-2-1-3-5-14/h1-9,12H,10-11H2. The number of benzene rings is 2. The smallest absolute Gasteiger partial charge is 0.177 e. The highest BCUT2D eigenvalue weighted by atomic mass is 35.5. The van der Waals surface area contributed by atoms with E-state index in [9.17, 15) is 4.79 Å². The summed E-state index contributed by atoms with van der Waals surface area (Å²) in [5.41, 5.74) is 2.58. The van der Waals surface area contributed by atoms with Crippen LogP contribution in [0.3, 0.4) is 0 Å². The third kappa shape index (κ3) is 3.97. The fraction of sp³-hybridized carbons (Fsp3) is 0.111. The molecule has 0 amide bonds. The summed E-state index contributed by atoms with van der Waals surface area (Å²) in [6.07, 6.45) is 0. The molecule has 5 heteroatoms. The number of Topliss-reactive ketones (excluding diaryl/α,β-unsaturated/α-hetero) is 1. The fourth-order valence-electron chi connectivity index (χ4n) is 2.06. The fourth-order valence-corrected chi connectivity index (χ4v) is 3.02. The molecule has 0 aliphatic heterocycles. The molecule has 2 aromatic carbocycles. The maximum atomic E-state index is 11.5. The predicted octanol–water partition coefficient (Wildman–Crippen LogP) is 4.81. The Morgan fingerprint density at radius 2 is 1.83 bits per heavy atom. The Balaban J connectivity index is 1.63. The number of hydrogen-bond acceptors (Lipinski definition) is 4. The van der Waals surface area contributed by atoms with Crippen LogP contribution in [0.15, 0.2) is 60.0 Å². The van der Waals surface area contributed by atoms with Crippen LogP contribution in [-0.4, -0.2) is 16.6 Å². The molecule has 0 saturated carbocycles. The molecule has 0 radical (unpaired) electrons. The largest absolute Gasteiger partial charge is 0.487 e. The molecule has 0 bridgehead atoms. The van der Waals surface area contributed by atoms with Gasteiger partial charge < -0.3 is 4.74 Å². The highest BCUT2D eigenvalue weighted by molar-refractivity contribution is 7.13. The molecule has 1 heterocycles. The van der Waals surface area contributed by atoms with E-state index >= 15 is 0 Å². The quantitative estimate of drug-likeness (QED) is 0.476. The number of hydrogen-bond donors (Lipinski definition) is 0. The SMILES string of the molecule is O=C(CCl)c1ccc(OCc2csc(-c3ccccc3)n2)cc1. The molecular formula is C18H14ClNO2S. The van der Waals surface area contributed by atoms with Gasteiger partial charge in [0, 0.05) is 16.5 Å². The maximum absolute atomic E-state index is 11.5. The average molecular weight is 344 g/mol. The number of aromatic nitrogens is 1. The van der Waals surface area contributed by atoms with Crippen molar-refractivity contribution in [3.05, 3.63) is 71.2 Å². The molecule has 0 aliphatic rings. The van der Waals surface area contributed by atoms with Crippen LogP contribution in [0, 0.1) is 0 Å². The molecule has 3 nitrogen and oxygen atoms in total. The Morgan fingerprint density at radius 3 is 2.52 bits per heavy atom. The number of carbonyl (C=O) groups excluding carboxylic acids is 1. The lowest BCUT2D eigenvalue weighted by Crippen LogP contribution is -2.00. The van der Waals surface area contributed by atoms with E-state index in [2.05, 4.69) is 4.98 Å². The van der Waals surface area contributed by atoms with Crippen molar-refractivity contribution in [2.75, 3.05) is 5.88 Å². The number of ether oxygens (including phenoxy) is 1. The minimum Gasteiger partial charge on any atom is -0.487 e. The second-order valence-corrected chi connectivity index (χ2v) is 6.01. The lowest BCUT2D eigenvalue weighted by atomic mass is 10.1. The van der Waals surface area contributed by atoms with E-state index < -0.39 is 0 Å². The number of thiazole rings is 1. The van der Waals surface area contributed by atoms with Crippen LogP contribution in [-0.2, 0) is 6.61 Å². The molecule has 0 spiro atoms. The summed E-state index contributed by atoms with van der Waals surface area (Å²) in [4.78, 5) is 16.0. The minimum atomic E-state index is -0.0924. The van der Waals surface area contributed by atoms with Gasteiger partial charge in [-0.3, -0.25) is 4.79 Å². The van der Waals surface area contributed by atoms with E-state index in [0.717, 1.165) is 16.3 Å². The second kappa shape index (κ2) is 7.40. The molecule has 0 atom stereocenters. The second-order valence-electron chi connectivity index (χ2n) is 4.88. The van der Waals surface area contributed by atoms with Crippen LogP contribution in [0.1, 0.15) is 16.1 Å². The molecule has 23 heavy (non-hydrogen) atoms. The topological polar surface area (TPSA) is 39.2 Å². The number of nitrogens with zero attached hydrogens (tertiary/aromatic N) is 1. The van der Waals surface area contributed by atoms with Gasteiger partial charge in [0.25, 0.3) is 0 Å². The van der Waals surface area contributed by atoms with Gasteiger partial charge in [0.1, 0.15) is 17.4 Å². The Kier molecular flexibility index (Phi) is 5.05. The van der Waals surface area contributed by atoms with Gasteiger partial charge in [-0.1, -0.05) is 30.3 Å². The zero-order chi connectivity index (χ0) is 16.1. The number of alkyl halides is 1. The summed E-state index contributed by atoms with van der Waals surface area (Å²) in [7, 11) is 0. The first-order valence-electron chi connectivity index (χ1n) is 7.08. The molecular weight excluding hydrogens is 330 g/mol. The molecule has 3 rings (SSSR count). The van der Waals surface area contributed by atoms with Gasteiger partial charge in [-0.05, 0) is 24.3 Å². The monoisotopic (exact) mass is 343 g/mol. The van der Waals surface area contributed by atoms with Crippen LogP contribution in [0.5, 0.6) is 5.75 Å². The van der Waals surface area contributed by atoms with Crippen molar-refractivity contribution < 1.29 is 9.53 Å². The summed E-state index contributed by atoms with van der Waals surface area (Å²) in [6.45, 7) is 0.395. The number of halogens is 1. The molecule has 0 N–H and O–H groups in total. The van der Waals surface area contributed by atoms with E-state index in [1.54, 1.807) is 35.6 Å². The molecule has 0 unspecified atom stereocenters. The third-order valence-corrected chi connectivity index (χ3v) is 4.44. The number of rotatable bonds is 6. The summed E-state index contributed by atoms with van der Waals surface area (Å²) >= 11 is 7.13. The molecule has 0 fully saturated rings. The number of carbonyl (C=O) groups is 1. The first kappa shape index (κ1) is 15.7. The van der Waals surface area contributed by atoms with Gasteiger partial charge in [-0.25, -0.2) is 4.98 Å². The van der Waals surface area contributed by atoms with Crippen molar-refractivity contribution in [2.24, 2.45) is 0 Å². The zero-order valence-corrected chi connectivity index (χ0v) is 13.8. The lowest BCUT2D eigenvalue weighted by molar-refractivity contribution is 0.102. The number of ketones is 1.